The van der Waals surface area contributed by atoms with Crippen LogP contribution in [0.1, 0.15) is 55.4 Å². The van der Waals surface area contributed by atoms with Crippen LogP contribution in [-0.2, 0) is 24.3 Å². The molecule has 6 rings (SSSR count). The number of nitrogens with zero attached hydrogens (tertiary/aromatic N) is 3. The Morgan fingerprint density at radius 1 is 0.957 bits per heavy atom. The Morgan fingerprint density at radius 3 is 2.26 bits per heavy atom. The van der Waals surface area contributed by atoms with Gasteiger partial charge in [-0.3, -0.25) is 13.9 Å². The standard InChI is InChI=1S/C34H36Cl2FN3O5S/c1-38(2)31(41)19-30-34(42)40(32(22-12-14-24(35)15-13-22)33(45-30)23-6-5-7-25(36)18-23)29(21-10-11-21)20-39(46(43,44)26-16-17-26)28-9-4-3-8-27(28)37/h3-9,12-15,18,21,26,29-30,32-33H,10-11,16-17,19-20H2,1-2H3/t29-,30-,32-,33-/m1/s1. The second-order valence-electron chi connectivity index (χ2n) is 12.5. The highest BCUT2D eigenvalue weighted by molar-refractivity contribution is 7.93. The van der Waals surface area contributed by atoms with E-state index in [2.05, 4.69) is 0 Å². The van der Waals surface area contributed by atoms with Crippen LogP contribution in [0.4, 0.5) is 10.1 Å². The maximum Gasteiger partial charge on any atom is 0.253 e. The Bertz CT molecular complexity index is 1720. The van der Waals surface area contributed by atoms with Crippen LogP contribution in [0.15, 0.2) is 72.8 Å². The molecule has 244 valence electrons. The first-order valence-corrected chi connectivity index (χ1v) is 17.7. The summed E-state index contributed by atoms with van der Waals surface area (Å²) in [5.41, 5.74) is 1.36. The number of amides is 2. The highest BCUT2D eigenvalue weighted by Gasteiger charge is 2.52. The fourth-order valence-electron chi connectivity index (χ4n) is 6.20. The van der Waals surface area contributed by atoms with Gasteiger partial charge in [-0.15, -0.1) is 0 Å². The molecule has 0 bridgehead atoms. The topological polar surface area (TPSA) is 87.2 Å². The zero-order chi connectivity index (χ0) is 32.7. The smallest absolute Gasteiger partial charge is 0.253 e. The fourth-order valence-corrected chi connectivity index (χ4v) is 8.40. The van der Waals surface area contributed by atoms with E-state index >= 15 is 4.39 Å². The van der Waals surface area contributed by atoms with Crippen LogP contribution in [-0.4, -0.2) is 68.1 Å². The van der Waals surface area contributed by atoms with Crippen molar-refractivity contribution in [1.29, 1.82) is 0 Å². The number of carbonyl (C=O) groups is 2. The molecule has 3 fully saturated rings. The average molecular weight is 689 g/mol. The minimum Gasteiger partial charge on any atom is -0.357 e. The van der Waals surface area contributed by atoms with Gasteiger partial charge >= 0.3 is 0 Å². The number of anilines is 1. The van der Waals surface area contributed by atoms with E-state index in [0.29, 0.717) is 34.0 Å². The number of para-hydroxylation sites is 1. The Labute approximate surface area is 279 Å². The molecule has 2 aliphatic carbocycles. The van der Waals surface area contributed by atoms with E-state index in [0.717, 1.165) is 12.8 Å². The number of rotatable bonds is 11. The molecule has 0 unspecified atom stereocenters. The summed E-state index contributed by atoms with van der Waals surface area (Å²) in [6.45, 7) is -0.142. The van der Waals surface area contributed by atoms with E-state index in [1.165, 1.54) is 27.4 Å². The lowest BCUT2D eigenvalue weighted by molar-refractivity contribution is -0.182. The highest BCUT2D eigenvalue weighted by atomic mass is 35.5. The van der Waals surface area contributed by atoms with E-state index in [4.69, 9.17) is 27.9 Å². The molecule has 0 aromatic heterocycles. The second kappa shape index (κ2) is 13.1. The van der Waals surface area contributed by atoms with Crippen molar-refractivity contribution in [1.82, 2.24) is 9.80 Å². The molecule has 0 N–H and O–H groups in total. The largest absolute Gasteiger partial charge is 0.357 e. The van der Waals surface area contributed by atoms with E-state index in [-0.39, 0.29) is 30.5 Å². The van der Waals surface area contributed by atoms with E-state index in [9.17, 15) is 18.0 Å². The monoisotopic (exact) mass is 687 g/mol. The lowest BCUT2D eigenvalue weighted by Crippen LogP contribution is -2.59. The van der Waals surface area contributed by atoms with E-state index in [1.54, 1.807) is 55.4 Å². The van der Waals surface area contributed by atoms with Gasteiger partial charge in [0.1, 0.15) is 18.0 Å². The molecule has 12 heteroatoms. The summed E-state index contributed by atoms with van der Waals surface area (Å²) in [6.07, 6.45) is 0.405. The minimum absolute atomic E-state index is 0.0467. The molecule has 3 aliphatic rings. The third kappa shape index (κ3) is 6.76. The molecule has 3 aromatic rings. The maximum absolute atomic E-state index is 15.3. The lowest BCUT2D eigenvalue weighted by Gasteiger charge is -2.49. The van der Waals surface area contributed by atoms with Crippen molar-refractivity contribution in [2.24, 2.45) is 5.92 Å². The Kier molecular flexibility index (Phi) is 9.36. The first kappa shape index (κ1) is 32.7. The van der Waals surface area contributed by atoms with Crippen LogP contribution < -0.4 is 4.31 Å². The quantitative estimate of drug-likeness (QED) is 0.233. The van der Waals surface area contributed by atoms with E-state index < -0.39 is 51.3 Å². The lowest BCUT2D eigenvalue weighted by atomic mass is 9.89. The number of carbonyl (C=O) groups excluding carboxylic acids is 2. The van der Waals surface area contributed by atoms with Crippen molar-refractivity contribution in [3.05, 3.63) is 99.8 Å². The van der Waals surface area contributed by atoms with Crippen LogP contribution in [0, 0.1) is 11.7 Å². The van der Waals surface area contributed by atoms with Gasteiger partial charge in [0.05, 0.1) is 36.0 Å². The maximum atomic E-state index is 15.3. The Balaban J connectivity index is 1.51. The van der Waals surface area contributed by atoms with Crippen LogP contribution >= 0.6 is 23.2 Å². The van der Waals surface area contributed by atoms with Gasteiger partial charge < -0.3 is 14.5 Å². The Morgan fingerprint density at radius 2 is 1.65 bits per heavy atom. The molecule has 1 saturated heterocycles. The molecular formula is C34H36Cl2FN3O5S. The second-order valence-corrected chi connectivity index (χ2v) is 15.5. The summed E-state index contributed by atoms with van der Waals surface area (Å²) in [5, 5.41) is 0.372. The predicted octanol–water partition coefficient (Wildman–Crippen LogP) is 6.40. The number of halogens is 3. The predicted molar refractivity (Wildman–Crippen MR) is 176 cm³/mol. The molecule has 1 aliphatic heterocycles. The SMILES string of the molecule is CN(C)C(=O)C[C@H]1O[C@H](c2cccc(Cl)c2)[C@@H](c2ccc(Cl)cc2)N([C@H](CN(c2ccccc2F)S(=O)(=O)C2CC2)C2CC2)C1=O. The van der Waals surface area contributed by atoms with Crippen molar-refractivity contribution >= 4 is 50.7 Å². The molecule has 3 aromatic carbocycles. The third-order valence-electron chi connectivity index (χ3n) is 8.93. The summed E-state index contributed by atoms with van der Waals surface area (Å²) in [5.74, 6) is -1.43. The van der Waals surface area contributed by atoms with Crippen LogP contribution in [0.3, 0.4) is 0 Å². The summed E-state index contributed by atoms with van der Waals surface area (Å²) in [4.78, 5) is 30.8. The fraction of sp³-hybridized carbons (Fsp3) is 0.412. The zero-order valence-electron chi connectivity index (χ0n) is 25.6. The third-order valence-corrected chi connectivity index (χ3v) is 11.7. The number of ether oxygens (including phenoxy) is 1. The van der Waals surface area contributed by atoms with Gasteiger partial charge in [0.15, 0.2) is 0 Å². The van der Waals surface area contributed by atoms with E-state index in [1.807, 2.05) is 18.2 Å². The highest BCUT2D eigenvalue weighted by Crippen LogP contribution is 2.49. The summed E-state index contributed by atoms with van der Waals surface area (Å²) < 4.78 is 50.9. The molecule has 8 nitrogen and oxygen atoms in total. The van der Waals surface area contributed by atoms with Gasteiger partial charge in [0.25, 0.3) is 5.91 Å². The number of hydrogen-bond acceptors (Lipinski definition) is 5. The normalized spacial score (nSPS) is 22.4. The van der Waals surface area contributed by atoms with Crippen LogP contribution in [0.25, 0.3) is 0 Å². The van der Waals surface area contributed by atoms with Gasteiger partial charge in [-0.25, -0.2) is 12.8 Å². The summed E-state index contributed by atoms with van der Waals surface area (Å²) in [6, 6.07) is 18.7. The number of sulfonamides is 1. The Hall–Kier alpha value is -3.18. The van der Waals surface area contributed by atoms with Gasteiger partial charge in [0.2, 0.25) is 15.9 Å². The van der Waals surface area contributed by atoms with Gasteiger partial charge in [-0.05, 0) is 79.1 Å². The molecule has 0 spiro atoms. The molecule has 0 radical (unpaired) electrons. The van der Waals surface area contributed by atoms with Gasteiger partial charge in [0, 0.05) is 24.1 Å². The molecule has 2 saturated carbocycles. The summed E-state index contributed by atoms with van der Waals surface area (Å²) in [7, 11) is -0.712. The van der Waals surface area contributed by atoms with Gasteiger partial charge in [-0.1, -0.05) is 59.6 Å². The molecular weight excluding hydrogens is 652 g/mol. The van der Waals surface area contributed by atoms with Gasteiger partial charge in [-0.2, -0.15) is 0 Å². The van der Waals surface area contributed by atoms with Crippen molar-refractivity contribution in [2.75, 3.05) is 24.9 Å². The molecule has 1 heterocycles. The minimum atomic E-state index is -3.93. The molecule has 46 heavy (non-hydrogen) atoms. The van der Waals surface area contributed by atoms with Crippen molar-refractivity contribution < 1.29 is 27.1 Å². The summed E-state index contributed by atoms with van der Waals surface area (Å²) >= 11 is 12.7. The number of benzene rings is 3. The zero-order valence-corrected chi connectivity index (χ0v) is 27.9. The van der Waals surface area contributed by atoms with Crippen LogP contribution in [0.2, 0.25) is 10.0 Å². The average Bonchev–Trinajstić information content (AvgIpc) is 3.93. The first-order chi connectivity index (χ1) is 22.0. The van der Waals surface area contributed by atoms with Crippen molar-refractivity contribution in [3.63, 3.8) is 0 Å². The van der Waals surface area contributed by atoms with Crippen molar-refractivity contribution in [3.8, 4) is 0 Å². The first-order valence-electron chi connectivity index (χ1n) is 15.4. The molecule has 2 amide bonds. The number of morpholine rings is 1. The van der Waals surface area contributed by atoms with Crippen molar-refractivity contribution in [2.45, 2.75) is 61.6 Å². The van der Waals surface area contributed by atoms with Crippen LogP contribution in [0.5, 0.6) is 0 Å². The number of hydrogen-bond donors (Lipinski definition) is 0. The molecule has 4 atom stereocenters.